The van der Waals surface area contributed by atoms with Crippen LogP contribution in [-0.4, -0.2) is 7.05 Å². The molecule has 4 aromatic rings. The summed E-state index contributed by atoms with van der Waals surface area (Å²) in [6.07, 6.45) is 8.02. The van der Waals surface area contributed by atoms with Crippen LogP contribution in [0.25, 0.3) is 16.7 Å². The second kappa shape index (κ2) is 10.1. The first-order valence-corrected chi connectivity index (χ1v) is 12.5. The molecule has 0 atom stereocenters. The highest BCUT2D eigenvalue weighted by Gasteiger charge is 2.20. The molecule has 0 aliphatic carbocycles. The zero-order chi connectivity index (χ0) is 24.2. The van der Waals surface area contributed by atoms with Crippen LogP contribution in [0.1, 0.15) is 12.5 Å². The number of para-hydroxylation sites is 1. The van der Waals surface area contributed by atoms with Crippen LogP contribution in [-0.2, 0) is 0 Å². The maximum atomic E-state index is 6.17. The quantitative estimate of drug-likeness (QED) is 0.228. The Morgan fingerprint density at radius 2 is 1.51 bits per heavy atom. The lowest BCUT2D eigenvalue weighted by Crippen LogP contribution is -2.09. The largest absolute Gasteiger partial charge is 0.455 e. The number of benzene rings is 4. The standard InChI is InChI=1S/C32H27NOS/c1-4-6-10-23(5-2)24-15-19-26(20-16-24)33(3)27-21-17-25(18-22-27)28-11-9-13-30-32(28)35-31-14-8-7-12-29(31)34-30/h4-22H,2H2,1,3H3/b6-4-,23-10+. The molecule has 1 aliphatic heterocycles. The van der Waals surface area contributed by atoms with Crippen LogP contribution in [0.5, 0.6) is 11.5 Å². The number of hydrogen-bond donors (Lipinski definition) is 0. The molecule has 0 spiro atoms. The predicted octanol–water partition coefficient (Wildman–Crippen LogP) is 9.52. The first-order chi connectivity index (χ1) is 17.2. The van der Waals surface area contributed by atoms with Crippen LogP contribution in [0.4, 0.5) is 11.4 Å². The Bertz CT molecular complexity index is 1420. The van der Waals surface area contributed by atoms with E-state index >= 15 is 0 Å². The summed E-state index contributed by atoms with van der Waals surface area (Å²) >= 11 is 1.77. The smallest absolute Gasteiger partial charge is 0.142 e. The summed E-state index contributed by atoms with van der Waals surface area (Å²) in [5.41, 5.74) is 6.89. The van der Waals surface area contributed by atoms with E-state index in [-0.39, 0.29) is 0 Å². The average molecular weight is 474 g/mol. The van der Waals surface area contributed by atoms with Gasteiger partial charge in [0.15, 0.2) is 0 Å². The number of ether oxygens (including phenoxy) is 1. The lowest BCUT2D eigenvalue weighted by atomic mass is 10.0. The molecule has 0 bridgehead atoms. The molecule has 5 rings (SSSR count). The Balaban J connectivity index is 1.38. The fraction of sp³-hybridized carbons (Fsp3) is 0.0625. The molecular weight excluding hydrogens is 446 g/mol. The number of rotatable bonds is 6. The average Bonchev–Trinajstić information content (AvgIpc) is 2.92. The second-order valence-corrected chi connectivity index (χ2v) is 9.34. The van der Waals surface area contributed by atoms with Gasteiger partial charge in [-0.1, -0.05) is 91.2 Å². The third-order valence-electron chi connectivity index (χ3n) is 6.10. The first kappa shape index (κ1) is 22.8. The van der Waals surface area contributed by atoms with Gasteiger partial charge < -0.3 is 9.64 Å². The third-order valence-corrected chi connectivity index (χ3v) is 7.28. The van der Waals surface area contributed by atoms with Crippen molar-refractivity contribution in [3.63, 3.8) is 0 Å². The molecule has 3 heteroatoms. The molecule has 172 valence electrons. The van der Waals surface area contributed by atoms with Gasteiger partial charge in [0, 0.05) is 18.4 Å². The van der Waals surface area contributed by atoms with E-state index in [9.17, 15) is 0 Å². The first-order valence-electron chi connectivity index (χ1n) is 11.7. The molecule has 4 aromatic carbocycles. The summed E-state index contributed by atoms with van der Waals surface area (Å²) in [5, 5.41) is 0. The van der Waals surface area contributed by atoms with Gasteiger partial charge in [-0.05, 0) is 71.7 Å². The van der Waals surface area contributed by atoms with Gasteiger partial charge in [0.1, 0.15) is 11.5 Å². The molecule has 0 N–H and O–H groups in total. The molecule has 0 saturated heterocycles. The van der Waals surface area contributed by atoms with Crippen molar-refractivity contribution < 1.29 is 4.74 Å². The van der Waals surface area contributed by atoms with Gasteiger partial charge in [0.25, 0.3) is 0 Å². The van der Waals surface area contributed by atoms with Crippen molar-refractivity contribution in [3.05, 3.63) is 127 Å². The van der Waals surface area contributed by atoms with Crippen LogP contribution in [0.2, 0.25) is 0 Å². The van der Waals surface area contributed by atoms with Gasteiger partial charge in [0.05, 0.1) is 9.79 Å². The van der Waals surface area contributed by atoms with Crippen molar-refractivity contribution in [2.45, 2.75) is 16.7 Å². The fourth-order valence-electron chi connectivity index (χ4n) is 4.15. The molecule has 0 unspecified atom stereocenters. The van der Waals surface area contributed by atoms with E-state index in [0.29, 0.717) is 0 Å². The molecule has 0 radical (unpaired) electrons. The maximum absolute atomic E-state index is 6.17. The number of hydrogen-bond acceptors (Lipinski definition) is 3. The number of nitrogens with zero attached hydrogens (tertiary/aromatic N) is 1. The van der Waals surface area contributed by atoms with Gasteiger partial charge in [0.2, 0.25) is 0 Å². The molecule has 1 heterocycles. The van der Waals surface area contributed by atoms with Gasteiger partial charge in [-0.25, -0.2) is 0 Å². The van der Waals surface area contributed by atoms with E-state index in [2.05, 4.69) is 97.4 Å². The van der Waals surface area contributed by atoms with E-state index < -0.39 is 0 Å². The van der Waals surface area contributed by atoms with E-state index in [1.165, 1.54) is 11.1 Å². The van der Waals surface area contributed by atoms with Crippen molar-refractivity contribution >= 4 is 28.7 Å². The molecule has 0 amide bonds. The van der Waals surface area contributed by atoms with Gasteiger partial charge in [-0.2, -0.15) is 0 Å². The number of anilines is 2. The Hall–Kier alpha value is -3.95. The second-order valence-electron chi connectivity index (χ2n) is 8.29. The molecule has 0 aromatic heterocycles. The zero-order valence-corrected chi connectivity index (χ0v) is 20.8. The van der Waals surface area contributed by atoms with Gasteiger partial charge in [-0.15, -0.1) is 0 Å². The van der Waals surface area contributed by atoms with Crippen molar-refractivity contribution in [2.75, 3.05) is 11.9 Å². The highest BCUT2D eigenvalue weighted by atomic mass is 32.2. The molecule has 1 aliphatic rings. The third kappa shape index (κ3) is 4.68. The van der Waals surface area contributed by atoms with Crippen LogP contribution < -0.4 is 9.64 Å². The van der Waals surface area contributed by atoms with E-state index in [4.69, 9.17) is 4.74 Å². The zero-order valence-electron chi connectivity index (χ0n) is 19.9. The Morgan fingerprint density at radius 1 is 0.829 bits per heavy atom. The van der Waals surface area contributed by atoms with Crippen LogP contribution in [0.15, 0.2) is 132 Å². The number of fused-ring (bicyclic) bond motifs is 2. The summed E-state index contributed by atoms with van der Waals surface area (Å²) in [5.74, 6) is 1.83. The highest BCUT2D eigenvalue weighted by Crippen LogP contribution is 2.50. The number of allylic oxidation sites excluding steroid dienone is 5. The summed E-state index contributed by atoms with van der Waals surface area (Å²) in [7, 11) is 2.10. The summed E-state index contributed by atoms with van der Waals surface area (Å²) in [4.78, 5) is 4.50. The molecular formula is C32H27NOS. The lowest BCUT2D eigenvalue weighted by molar-refractivity contribution is 0.455. The van der Waals surface area contributed by atoms with E-state index in [0.717, 1.165) is 43.8 Å². The summed E-state index contributed by atoms with van der Waals surface area (Å²) in [6, 6.07) is 31.8. The topological polar surface area (TPSA) is 12.5 Å². The lowest BCUT2D eigenvalue weighted by Gasteiger charge is -2.23. The minimum absolute atomic E-state index is 0.912. The van der Waals surface area contributed by atoms with E-state index in [1.807, 2.05) is 43.4 Å². The fourth-order valence-corrected chi connectivity index (χ4v) is 5.23. The SMILES string of the molecule is C=C/C(=C\C=C/C)c1ccc(N(C)c2ccc(-c3cccc4c3Sc3ccccc3O4)cc2)cc1. The van der Waals surface area contributed by atoms with Crippen LogP contribution in [0.3, 0.4) is 0 Å². The summed E-state index contributed by atoms with van der Waals surface area (Å²) < 4.78 is 6.17. The molecule has 0 saturated carbocycles. The minimum atomic E-state index is 0.912. The minimum Gasteiger partial charge on any atom is -0.455 e. The molecule has 2 nitrogen and oxygen atoms in total. The van der Waals surface area contributed by atoms with Crippen molar-refractivity contribution in [1.82, 2.24) is 0 Å². The Kier molecular flexibility index (Phi) is 6.60. The van der Waals surface area contributed by atoms with Crippen molar-refractivity contribution in [3.8, 4) is 22.6 Å². The highest BCUT2D eigenvalue weighted by molar-refractivity contribution is 7.99. The van der Waals surface area contributed by atoms with Gasteiger partial charge in [-0.3, -0.25) is 0 Å². The monoisotopic (exact) mass is 473 g/mol. The van der Waals surface area contributed by atoms with Crippen LogP contribution in [0, 0.1) is 0 Å². The Morgan fingerprint density at radius 3 is 2.23 bits per heavy atom. The van der Waals surface area contributed by atoms with Crippen LogP contribution >= 0.6 is 11.8 Å². The van der Waals surface area contributed by atoms with Crippen molar-refractivity contribution in [1.29, 1.82) is 0 Å². The normalized spacial score (nSPS) is 12.6. The molecule has 0 fully saturated rings. The van der Waals surface area contributed by atoms with Crippen molar-refractivity contribution in [2.24, 2.45) is 0 Å². The maximum Gasteiger partial charge on any atom is 0.142 e. The predicted molar refractivity (Wildman–Crippen MR) is 150 cm³/mol. The summed E-state index contributed by atoms with van der Waals surface area (Å²) in [6.45, 7) is 5.96. The van der Waals surface area contributed by atoms with Gasteiger partial charge >= 0.3 is 0 Å². The van der Waals surface area contributed by atoms with E-state index in [1.54, 1.807) is 11.8 Å². The Labute approximate surface area is 211 Å². The molecule has 35 heavy (non-hydrogen) atoms.